The van der Waals surface area contributed by atoms with Gasteiger partial charge in [-0.15, -0.1) is 0 Å². The van der Waals surface area contributed by atoms with Gasteiger partial charge in [0.05, 0.1) is 17.6 Å². The van der Waals surface area contributed by atoms with E-state index >= 15 is 0 Å². The lowest BCUT2D eigenvalue weighted by Crippen LogP contribution is -2.42. The molecular formula is C21H23FN6O6S. The van der Waals surface area contributed by atoms with Crippen LogP contribution in [0.25, 0.3) is 11.0 Å². The molecule has 1 aliphatic rings. The Morgan fingerprint density at radius 1 is 1.29 bits per heavy atom. The normalized spacial score (nSPS) is 22.2. The second-order valence-electron chi connectivity index (χ2n) is 7.64. The van der Waals surface area contributed by atoms with E-state index in [4.69, 9.17) is 20.3 Å². The molecule has 0 radical (unpaired) electrons. The first-order chi connectivity index (χ1) is 16.6. The Kier molecular flexibility index (Phi) is 6.90. The van der Waals surface area contributed by atoms with E-state index in [1.54, 1.807) is 13.0 Å². The van der Waals surface area contributed by atoms with Crippen molar-refractivity contribution < 1.29 is 32.5 Å². The number of nitrogens with zero attached hydrogens (tertiary/aromatic N) is 3. The van der Waals surface area contributed by atoms with Crippen molar-refractivity contribution >= 4 is 27.1 Å². The van der Waals surface area contributed by atoms with Gasteiger partial charge >= 0.3 is 0 Å². The molecule has 0 aliphatic carbocycles. The van der Waals surface area contributed by atoms with Gasteiger partial charge in [-0.1, -0.05) is 17.9 Å². The van der Waals surface area contributed by atoms with Crippen LogP contribution in [-0.4, -0.2) is 64.6 Å². The molecule has 1 aliphatic heterocycles. The largest absolute Gasteiger partial charge is 0.492 e. The number of anilines is 1. The molecule has 0 saturated carbocycles. The number of hydrogen-bond donors (Lipinski definition) is 5. The van der Waals surface area contributed by atoms with Crippen LogP contribution in [0.1, 0.15) is 24.3 Å². The van der Waals surface area contributed by atoms with Crippen molar-refractivity contribution in [3.8, 4) is 17.6 Å². The van der Waals surface area contributed by atoms with E-state index in [0.717, 1.165) is 0 Å². The van der Waals surface area contributed by atoms with Gasteiger partial charge in [0.1, 0.15) is 53.2 Å². The maximum atomic E-state index is 14.4. The number of ether oxygens (including phenoxy) is 2. The van der Waals surface area contributed by atoms with Gasteiger partial charge in [-0.2, -0.15) is 13.1 Å². The predicted molar refractivity (Wildman–Crippen MR) is 123 cm³/mol. The highest BCUT2D eigenvalue weighted by atomic mass is 32.2. The number of aliphatic hydroxyl groups is 2. The van der Waals surface area contributed by atoms with Crippen LogP contribution < -0.4 is 20.3 Å². The summed E-state index contributed by atoms with van der Waals surface area (Å²) < 4.78 is 51.4. The van der Waals surface area contributed by atoms with E-state index in [9.17, 15) is 23.0 Å². The molecule has 35 heavy (non-hydrogen) atoms. The van der Waals surface area contributed by atoms with E-state index in [2.05, 4.69) is 21.8 Å². The van der Waals surface area contributed by atoms with Crippen LogP contribution in [0.4, 0.5) is 10.2 Å². The molecule has 3 aromatic rings. The Morgan fingerprint density at radius 3 is 2.77 bits per heavy atom. The number of halogens is 1. The number of rotatable bonds is 6. The fourth-order valence-corrected chi connectivity index (χ4v) is 4.15. The highest BCUT2D eigenvalue weighted by molar-refractivity contribution is 7.87. The second kappa shape index (κ2) is 9.74. The van der Waals surface area contributed by atoms with E-state index in [1.807, 2.05) is 4.72 Å². The molecule has 3 heterocycles. The van der Waals surface area contributed by atoms with Gasteiger partial charge in [0.25, 0.3) is 10.2 Å². The quantitative estimate of drug-likeness (QED) is 0.271. The molecule has 14 heteroatoms. The summed E-state index contributed by atoms with van der Waals surface area (Å²) in [7, 11) is -4.04. The topological polar surface area (TPSA) is 188 Å². The molecule has 1 aromatic carbocycles. The number of nitrogens with two attached hydrogens (primary N) is 2. The molecule has 12 nitrogen and oxygen atoms in total. The Hall–Kier alpha value is -3.32. The standard InChI is InChI=1S/C21H23FN6O6S/c1-2-33-14-5-3-4-13(22)12(14)7-6-11-9-28(20-16(11)19(23)25-10-26-20)21-18(30)17(29)15(34-21)8-27-35(24,31)32/h3-5,9-10,15,17-18,21,27,29-30H,2,8H2,1H3,(H2,23,25,26)(H2,24,31,32)/t15?,17-,18?,21-/m1/s1. The highest BCUT2D eigenvalue weighted by Gasteiger charge is 2.44. The summed E-state index contributed by atoms with van der Waals surface area (Å²) in [5.74, 6) is 5.39. The summed E-state index contributed by atoms with van der Waals surface area (Å²) in [4.78, 5) is 8.17. The van der Waals surface area contributed by atoms with E-state index in [1.165, 1.54) is 29.2 Å². The van der Waals surface area contributed by atoms with E-state index in [0.29, 0.717) is 17.6 Å². The zero-order valence-electron chi connectivity index (χ0n) is 18.4. The Bertz CT molecular complexity index is 1420. The van der Waals surface area contributed by atoms with Gasteiger partial charge in [-0.05, 0) is 19.1 Å². The second-order valence-corrected chi connectivity index (χ2v) is 9.02. The minimum absolute atomic E-state index is 0.0485. The van der Waals surface area contributed by atoms with Crippen LogP contribution >= 0.6 is 0 Å². The van der Waals surface area contributed by atoms with Crippen molar-refractivity contribution in [2.45, 2.75) is 31.5 Å². The van der Waals surface area contributed by atoms with Gasteiger partial charge in [-0.25, -0.2) is 19.5 Å². The van der Waals surface area contributed by atoms with Crippen LogP contribution in [0.5, 0.6) is 5.75 Å². The lowest BCUT2D eigenvalue weighted by atomic mass is 10.1. The highest BCUT2D eigenvalue weighted by Crippen LogP contribution is 2.34. The summed E-state index contributed by atoms with van der Waals surface area (Å²) in [5.41, 5.74) is 6.64. The Morgan fingerprint density at radius 2 is 2.06 bits per heavy atom. The number of nitrogens with one attached hydrogen (secondary N) is 1. The summed E-state index contributed by atoms with van der Waals surface area (Å²) in [6.45, 7) is 1.71. The summed E-state index contributed by atoms with van der Waals surface area (Å²) in [6, 6.07) is 4.36. The molecule has 1 fully saturated rings. The first-order valence-corrected chi connectivity index (χ1v) is 12.0. The van der Waals surface area contributed by atoms with Crippen molar-refractivity contribution in [3.05, 3.63) is 47.7 Å². The summed E-state index contributed by atoms with van der Waals surface area (Å²) in [5, 5.41) is 26.2. The molecule has 2 aromatic heterocycles. The maximum absolute atomic E-state index is 14.4. The average Bonchev–Trinajstić information content (AvgIpc) is 3.30. The fourth-order valence-electron chi connectivity index (χ4n) is 3.75. The van der Waals surface area contributed by atoms with Crippen LogP contribution in [0.2, 0.25) is 0 Å². The lowest BCUT2D eigenvalue weighted by molar-refractivity contribution is -0.0327. The zero-order chi connectivity index (χ0) is 25.3. The SMILES string of the molecule is CCOc1cccc(F)c1C#Cc1cn([C@@H]2OC(CNS(N)(=O)=O)[C@@H](O)C2O)c2ncnc(N)c12. The number of fused-ring (bicyclic) bond motifs is 1. The third-order valence-electron chi connectivity index (χ3n) is 5.33. The van der Waals surface area contributed by atoms with Gasteiger partial charge in [0.2, 0.25) is 0 Å². The molecule has 0 bridgehead atoms. The van der Waals surface area contributed by atoms with E-state index in [-0.39, 0.29) is 29.3 Å². The third-order valence-corrected chi connectivity index (χ3v) is 5.90. The average molecular weight is 507 g/mol. The number of aliphatic hydroxyl groups excluding tert-OH is 2. The number of nitrogen functional groups attached to an aromatic ring is 1. The van der Waals surface area contributed by atoms with Gasteiger partial charge < -0.3 is 30.0 Å². The van der Waals surface area contributed by atoms with Gasteiger partial charge in [0.15, 0.2) is 6.23 Å². The smallest absolute Gasteiger partial charge is 0.274 e. The van der Waals surface area contributed by atoms with Gasteiger partial charge in [0, 0.05) is 12.7 Å². The van der Waals surface area contributed by atoms with Crippen LogP contribution in [0, 0.1) is 17.7 Å². The Balaban J connectivity index is 1.75. The monoisotopic (exact) mass is 506 g/mol. The number of benzene rings is 1. The van der Waals surface area contributed by atoms with Crippen LogP contribution in [0.3, 0.4) is 0 Å². The maximum Gasteiger partial charge on any atom is 0.274 e. The van der Waals surface area contributed by atoms with Crippen LogP contribution in [-0.2, 0) is 14.9 Å². The molecule has 4 rings (SSSR count). The van der Waals surface area contributed by atoms with Crippen molar-refractivity contribution in [2.24, 2.45) is 5.14 Å². The first-order valence-electron chi connectivity index (χ1n) is 10.4. The molecule has 2 unspecified atom stereocenters. The molecule has 0 amide bonds. The molecular weight excluding hydrogens is 483 g/mol. The zero-order valence-corrected chi connectivity index (χ0v) is 19.2. The minimum atomic E-state index is -4.04. The molecule has 186 valence electrons. The van der Waals surface area contributed by atoms with Crippen molar-refractivity contribution in [2.75, 3.05) is 18.9 Å². The molecule has 7 N–H and O–H groups in total. The molecule has 1 saturated heterocycles. The van der Waals surface area contributed by atoms with Crippen molar-refractivity contribution in [1.82, 2.24) is 19.3 Å². The van der Waals surface area contributed by atoms with Gasteiger partial charge in [-0.3, -0.25) is 0 Å². The van der Waals surface area contributed by atoms with Crippen molar-refractivity contribution in [3.63, 3.8) is 0 Å². The van der Waals surface area contributed by atoms with E-state index < -0.39 is 40.6 Å². The summed E-state index contributed by atoms with van der Waals surface area (Å²) in [6.07, 6.45) is -2.49. The molecule has 0 spiro atoms. The Labute approximate surface area is 199 Å². The third kappa shape index (κ3) is 5.05. The lowest BCUT2D eigenvalue weighted by Gasteiger charge is -2.17. The van der Waals surface area contributed by atoms with Crippen LogP contribution in [0.15, 0.2) is 30.7 Å². The van der Waals surface area contributed by atoms with Crippen molar-refractivity contribution in [1.29, 1.82) is 0 Å². The molecule has 4 atom stereocenters. The number of aromatic nitrogens is 3. The minimum Gasteiger partial charge on any atom is -0.492 e. The first kappa shape index (κ1) is 24.8. The summed E-state index contributed by atoms with van der Waals surface area (Å²) >= 11 is 0. The predicted octanol–water partition coefficient (Wildman–Crippen LogP) is -0.637. The number of hydrogen-bond acceptors (Lipinski definition) is 9. The fraction of sp³-hybridized carbons (Fsp3) is 0.333.